The van der Waals surface area contributed by atoms with Gasteiger partial charge in [-0.1, -0.05) is 6.07 Å². The Bertz CT molecular complexity index is 653. The minimum atomic E-state index is -3.61. The third-order valence-corrected chi connectivity index (χ3v) is 3.92. The summed E-state index contributed by atoms with van der Waals surface area (Å²) < 4.78 is 31.3. The van der Waals surface area contributed by atoms with Gasteiger partial charge >= 0.3 is 0 Å². The fraction of sp³-hybridized carbons (Fsp3) is 0.182. The molecule has 0 saturated carbocycles. The lowest BCUT2D eigenvalue weighted by molar-refractivity contribution is 0.403. The zero-order chi connectivity index (χ0) is 12.5. The molecule has 5 nitrogen and oxygen atoms in total. The summed E-state index contributed by atoms with van der Waals surface area (Å²) in [5.74, 6) is 0.283. The molecule has 1 aromatic carbocycles. The van der Waals surface area contributed by atoms with Crippen molar-refractivity contribution in [3.8, 4) is 5.75 Å². The van der Waals surface area contributed by atoms with Crippen LogP contribution in [0.5, 0.6) is 5.75 Å². The molecular weight excluding hydrogens is 240 g/mol. The van der Waals surface area contributed by atoms with Crippen LogP contribution in [0, 0.1) is 0 Å². The number of hydrogen-bond acceptors (Lipinski definition) is 4. The van der Waals surface area contributed by atoms with Gasteiger partial charge in [-0.05, 0) is 25.2 Å². The number of hydrogen-bond donors (Lipinski definition) is 1. The maximum Gasteiger partial charge on any atom is 0.246 e. The number of ether oxygens (including phenoxy) is 1. The van der Waals surface area contributed by atoms with Gasteiger partial charge in [0.1, 0.15) is 5.75 Å². The first-order chi connectivity index (χ1) is 8.10. The number of nitrogens with zero attached hydrogens (tertiary/aromatic N) is 1. The van der Waals surface area contributed by atoms with E-state index in [1.54, 1.807) is 30.5 Å². The molecule has 2 rings (SSSR count). The Labute approximate surface area is 99.5 Å². The second kappa shape index (κ2) is 4.31. The van der Waals surface area contributed by atoms with Crippen molar-refractivity contribution in [3.63, 3.8) is 0 Å². The van der Waals surface area contributed by atoms with E-state index in [1.165, 1.54) is 14.2 Å². The van der Waals surface area contributed by atoms with Gasteiger partial charge in [-0.25, -0.2) is 13.1 Å². The van der Waals surface area contributed by atoms with E-state index >= 15 is 0 Å². The number of methoxy groups -OCH3 is 1. The van der Waals surface area contributed by atoms with Gasteiger partial charge in [0, 0.05) is 11.6 Å². The normalized spacial score (nSPS) is 11.6. The molecule has 0 atom stereocenters. The Balaban J connectivity index is 2.91. The number of rotatable bonds is 3. The lowest BCUT2D eigenvalue weighted by Gasteiger charge is -2.10. The molecule has 6 heteroatoms. The Hall–Kier alpha value is -1.66. The molecule has 0 radical (unpaired) electrons. The van der Waals surface area contributed by atoms with E-state index in [9.17, 15) is 8.42 Å². The van der Waals surface area contributed by atoms with E-state index in [-0.39, 0.29) is 10.6 Å². The summed E-state index contributed by atoms with van der Waals surface area (Å²) in [6.45, 7) is 0. The second-order valence-electron chi connectivity index (χ2n) is 3.38. The summed E-state index contributed by atoms with van der Waals surface area (Å²) in [5.41, 5.74) is 0.404. The summed E-state index contributed by atoms with van der Waals surface area (Å²) in [6, 6.07) is 6.95. The van der Waals surface area contributed by atoms with Crippen molar-refractivity contribution in [3.05, 3.63) is 30.5 Å². The quantitative estimate of drug-likeness (QED) is 0.889. The Morgan fingerprint density at radius 3 is 2.71 bits per heavy atom. The van der Waals surface area contributed by atoms with Crippen molar-refractivity contribution in [2.75, 3.05) is 14.2 Å². The number of benzene rings is 1. The molecule has 0 aliphatic heterocycles. The molecule has 0 saturated heterocycles. The molecule has 0 amide bonds. The van der Waals surface area contributed by atoms with Gasteiger partial charge < -0.3 is 4.74 Å². The number of sulfonamides is 1. The minimum Gasteiger partial charge on any atom is -0.495 e. The Morgan fingerprint density at radius 1 is 1.29 bits per heavy atom. The summed E-state index contributed by atoms with van der Waals surface area (Å²) in [4.78, 5) is 4.17. The highest BCUT2D eigenvalue weighted by Crippen LogP contribution is 2.30. The molecule has 0 spiro atoms. The van der Waals surface area contributed by atoms with Crippen molar-refractivity contribution < 1.29 is 13.2 Å². The lowest BCUT2D eigenvalue weighted by atomic mass is 10.2. The zero-order valence-electron chi connectivity index (χ0n) is 9.47. The van der Waals surface area contributed by atoms with Gasteiger partial charge in [-0.3, -0.25) is 4.98 Å². The maximum absolute atomic E-state index is 12.0. The second-order valence-corrected chi connectivity index (χ2v) is 5.20. The number of nitrogens with one attached hydrogen (secondary N) is 1. The summed E-state index contributed by atoms with van der Waals surface area (Å²) in [7, 11) is -0.818. The highest BCUT2D eigenvalue weighted by molar-refractivity contribution is 7.89. The van der Waals surface area contributed by atoms with Crippen LogP contribution in [0.15, 0.2) is 35.4 Å². The van der Waals surface area contributed by atoms with Gasteiger partial charge in [-0.2, -0.15) is 0 Å². The average Bonchev–Trinajstić information content (AvgIpc) is 2.37. The predicted molar refractivity (Wildman–Crippen MR) is 64.5 cm³/mol. The van der Waals surface area contributed by atoms with Crippen LogP contribution in [-0.2, 0) is 10.0 Å². The predicted octanol–water partition coefficient (Wildman–Crippen LogP) is 1.15. The van der Waals surface area contributed by atoms with Crippen molar-refractivity contribution in [1.29, 1.82) is 0 Å². The first kappa shape index (κ1) is 11.8. The van der Waals surface area contributed by atoms with E-state index in [4.69, 9.17) is 4.74 Å². The number of pyridine rings is 1. The molecule has 0 fully saturated rings. The molecule has 90 valence electrons. The molecule has 0 aliphatic carbocycles. The summed E-state index contributed by atoms with van der Waals surface area (Å²) in [6.07, 6.45) is 1.55. The van der Waals surface area contributed by atoms with E-state index in [0.717, 1.165) is 5.39 Å². The van der Waals surface area contributed by atoms with Crippen molar-refractivity contribution in [2.45, 2.75) is 4.90 Å². The average molecular weight is 252 g/mol. The fourth-order valence-electron chi connectivity index (χ4n) is 1.62. The van der Waals surface area contributed by atoms with Gasteiger partial charge in [-0.15, -0.1) is 0 Å². The standard InChI is InChI=1S/C11H12N2O3S/c1-12-17(14,15)11-9(16-2)6-5-8-4-3-7-13-10(8)11/h3-7,12H,1-2H3. The maximum atomic E-state index is 12.0. The van der Waals surface area contributed by atoms with Crippen LogP contribution in [0.4, 0.5) is 0 Å². The molecule has 2 aromatic rings. The summed E-state index contributed by atoms with van der Waals surface area (Å²) >= 11 is 0. The van der Waals surface area contributed by atoms with E-state index in [1.807, 2.05) is 0 Å². The van der Waals surface area contributed by atoms with Gasteiger partial charge in [0.25, 0.3) is 0 Å². The topological polar surface area (TPSA) is 68.3 Å². The monoisotopic (exact) mass is 252 g/mol. The third-order valence-electron chi connectivity index (χ3n) is 2.45. The van der Waals surface area contributed by atoms with E-state index < -0.39 is 10.0 Å². The lowest BCUT2D eigenvalue weighted by Crippen LogP contribution is -2.20. The van der Waals surface area contributed by atoms with Crippen LogP contribution in [0.25, 0.3) is 10.9 Å². The highest BCUT2D eigenvalue weighted by Gasteiger charge is 2.21. The van der Waals surface area contributed by atoms with Gasteiger partial charge in [0.05, 0.1) is 12.6 Å². The van der Waals surface area contributed by atoms with Crippen LogP contribution >= 0.6 is 0 Å². The summed E-state index contributed by atoms with van der Waals surface area (Å²) in [5, 5.41) is 0.752. The molecule has 17 heavy (non-hydrogen) atoms. The number of fused-ring (bicyclic) bond motifs is 1. The van der Waals surface area contributed by atoms with Crippen molar-refractivity contribution >= 4 is 20.9 Å². The van der Waals surface area contributed by atoms with Crippen molar-refractivity contribution in [1.82, 2.24) is 9.71 Å². The van der Waals surface area contributed by atoms with E-state index in [2.05, 4.69) is 9.71 Å². The van der Waals surface area contributed by atoms with E-state index in [0.29, 0.717) is 5.52 Å². The highest BCUT2D eigenvalue weighted by atomic mass is 32.2. The van der Waals surface area contributed by atoms with Crippen LogP contribution in [-0.4, -0.2) is 27.6 Å². The third kappa shape index (κ3) is 1.96. The van der Waals surface area contributed by atoms with Crippen LogP contribution < -0.4 is 9.46 Å². The van der Waals surface area contributed by atoms with Crippen LogP contribution in [0.3, 0.4) is 0 Å². The van der Waals surface area contributed by atoms with Crippen LogP contribution in [0.2, 0.25) is 0 Å². The fourth-order valence-corrected chi connectivity index (χ4v) is 2.67. The molecule has 0 unspecified atom stereocenters. The smallest absolute Gasteiger partial charge is 0.246 e. The zero-order valence-corrected chi connectivity index (χ0v) is 10.3. The first-order valence-corrected chi connectivity index (χ1v) is 6.43. The molecule has 0 aliphatic rings. The molecular formula is C11H12N2O3S. The van der Waals surface area contributed by atoms with Crippen LogP contribution in [0.1, 0.15) is 0 Å². The largest absolute Gasteiger partial charge is 0.495 e. The molecule has 1 heterocycles. The van der Waals surface area contributed by atoms with Gasteiger partial charge in [0.15, 0.2) is 4.90 Å². The Kier molecular flexibility index (Phi) is 2.99. The number of aromatic nitrogens is 1. The van der Waals surface area contributed by atoms with Gasteiger partial charge in [0.2, 0.25) is 10.0 Å². The first-order valence-electron chi connectivity index (χ1n) is 4.95. The SMILES string of the molecule is CNS(=O)(=O)c1c(OC)ccc2cccnc12. The minimum absolute atomic E-state index is 0.0700. The Morgan fingerprint density at radius 2 is 2.06 bits per heavy atom. The van der Waals surface area contributed by atoms with Crippen molar-refractivity contribution in [2.24, 2.45) is 0 Å². The molecule has 1 aromatic heterocycles. The molecule has 1 N–H and O–H groups in total. The molecule has 0 bridgehead atoms.